The van der Waals surface area contributed by atoms with Gasteiger partial charge in [-0.25, -0.2) is 4.98 Å². The lowest BCUT2D eigenvalue weighted by Gasteiger charge is -1.85. The molecule has 1 heterocycles. The lowest BCUT2D eigenvalue weighted by atomic mass is 10.4. The highest BCUT2D eigenvalue weighted by Gasteiger charge is 1.93. The Labute approximate surface area is 69.1 Å². The Bertz CT molecular complexity index is 161. The minimum Gasteiger partial charge on any atom is -0.346 e. The van der Waals surface area contributed by atoms with Crippen LogP contribution in [0.3, 0.4) is 0 Å². The van der Waals surface area contributed by atoms with Crippen molar-refractivity contribution in [3.63, 3.8) is 0 Å². The fourth-order valence-corrected chi connectivity index (χ4v) is 0.765. The molecule has 0 spiro atoms. The van der Waals surface area contributed by atoms with Crippen LogP contribution in [0.15, 0.2) is 6.20 Å². The number of nitrogens with one attached hydrogen (secondary N) is 1. The number of rotatable bonds is 2. The molecule has 0 unspecified atom stereocenters. The second-order valence-corrected chi connectivity index (χ2v) is 2.06. The van der Waals surface area contributed by atoms with Crippen LogP contribution in [0.4, 0.5) is 0 Å². The lowest BCUT2D eigenvalue weighted by molar-refractivity contribution is 0.963. The van der Waals surface area contributed by atoms with Crippen LogP contribution in [0, 0.1) is 0 Å². The zero-order valence-corrected chi connectivity index (χ0v) is 7.94. The Hall–Kier alpha value is -0.790. The first kappa shape index (κ1) is 10.2. The maximum atomic E-state index is 4.15. The van der Waals surface area contributed by atoms with Gasteiger partial charge in [0.25, 0.3) is 0 Å². The Balaban J connectivity index is 0.000000461. The summed E-state index contributed by atoms with van der Waals surface area (Å²) in [6.45, 7) is 8.21. The normalized spacial score (nSPS) is 8.73. The average molecular weight is 154 g/mol. The molecular formula is C9H18N2. The van der Waals surface area contributed by atoms with Crippen molar-refractivity contribution in [2.75, 3.05) is 0 Å². The third-order valence-corrected chi connectivity index (χ3v) is 1.40. The number of hydrogen-bond donors (Lipinski definition) is 1. The van der Waals surface area contributed by atoms with E-state index in [-0.39, 0.29) is 0 Å². The molecule has 0 aliphatic carbocycles. The summed E-state index contributed by atoms with van der Waals surface area (Å²) >= 11 is 0. The SMILES string of the molecule is CC.CCc1cnc(CC)[nH]1. The second kappa shape index (κ2) is 5.96. The first-order valence-corrected chi connectivity index (χ1v) is 4.39. The van der Waals surface area contributed by atoms with Crippen molar-refractivity contribution < 1.29 is 0 Å². The van der Waals surface area contributed by atoms with Crippen molar-refractivity contribution >= 4 is 0 Å². The van der Waals surface area contributed by atoms with E-state index in [1.165, 1.54) is 5.69 Å². The molecular weight excluding hydrogens is 136 g/mol. The summed E-state index contributed by atoms with van der Waals surface area (Å²) in [6.07, 6.45) is 3.95. The van der Waals surface area contributed by atoms with Gasteiger partial charge in [-0.05, 0) is 6.42 Å². The highest BCUT2D eigenvalue weighted by Crippen LogP contribution is 1.96. The smallest absolute Gasteiger partial charge is 0.105 e. The largest absolute Gasteiger partial charge is 0.346 e. The molecule has 1 aromatic rings. The number of aromatic amines is 1. The van der Waals surface area contributed by atoms with E-state index in [0.29, 0.717) is 0 Å². The molecule has 1 rings (SSSR count). The van der Waals surface area contributed by atoms with Gasteiger partial charge in [-0.15, -0.1) is 0 Å². The van der Waals surface area contributed by atoms with Crippen LogP contribution in [-0.4, -0.2) is 9.97 Å². The lowest BCUT2D eigenvalue weighted by Crippen LogP contribution is -1.82. The molecule has 2 heteroatoms. The van der Waals surface area contributed by atoms with E-state index >= 15 is 0 Å². The second-order valence-electron chi connectivity index (χ2n) is 2.06. The quantitative estimate of drug-likeness (QED) is 0.696. The summed E-state index contributed by atoms with van der Waals surface area (Å²) < 4.78 is 0. The maximum absolute atomic E-state index is 4.15. The summed E-state index contributed by atoms with van der Waals surface area (Å²) in [7, 11) is 0. The molecule has 0 fully saturated rings. The van der Waals surface area contributed by atoms with Gasteiger partial charge in [-0.3, -0.25) is 0 Å². The highest BCUT2D eigenvalue weighted by molar-refractivity contribution is 5.00. The highest BCUT2D eigenvalue weighted by atomic mass is 14.9. The van der Waals surface area contributed by atoms with E-state index in [9.17, 15) is 0 Å². The Morgan fingerprint density at radius 2 is 1.91 bits per heavy atom. The van der Waals surface area contributed by atoms with Crippen LogP contribution in [-0.2, 0) is 12.8 Å². The number of aryl methyl sites for hydroxylation is 2. The maximum Gasteiger partial charge on any atom is 0.105 e. The zero-order valence-electron chi connectivity index (χ0n) is 7.94. The summed E-state index contributed by atoms with van der Waals surface area (Å²) in [5.41, 5.74) is 1.23. The number of H-pyrrole nitrogens is 1. The van der Waals surface area contributed by atoms with Gasteiger partial charge in [0.2, 0.25) is 0 Å². The van der Waals surface area contributed by atoms with E-state index in [4.69, 9.17) is 0 Å². The topological polar surface area (TPSA) is 28.7 Å². The fraction of sp³-hybridized carbons (Fsp3) is 0.667. The molecule has 0 aliphatic heterocycles. The fourth-order valence-electron chi connectivity index (χ4n) is 0.765. The molecule has 0 radical (unpaired) electrons. The van der Waals surface area contributed by atoms with E-state index in [1.54, 1.807) is 0 Å². The molecule has 0 aromatic carbocycles. The predicted octanol–water partition coefficient (Wildman–Crippen LogP) is 2.56. The van der Waals surface area contributed by atoms with Crippen LogP contribution < -0.4 is 0 Å². The van der Waals surface area contributed by atoms with E-state index in [1.807, 2.05) is 20.0 Å². The van der Waals surface area contributed by atoms with Crippen molar-refractivity contribution in [1.29, 1.82) is 0 Å². The molecule has 0 amide bonds. The molecule has 0 saturated heterocycles. The molecule has 1 aromatic heterocycles. The van der Waals surface area contributed by atoms with Crippen LogP contribution in [0.1, 0.15) is 39.2 Å². The molecule has 0 saturated carbocycles. The molecule has 2 nitrogen and oxygen atoms in total. The third-order valence-electron chi connectivity index (χ3n) is 1.40. The number of hydrogen-bond acceptors (Lipinski definition) is 1. The van der Waals surface area contributed by atoms with Gasteiger partial charge in [-0.2, -0.15) is 0 Å². The summed E-state index contributed by atoms with van der Waals surface area (Å²) in [5.74, 6) is 1.09. The Morgan fingerprint density at radius 3 is 2.18 bits per heavy atom. The van der Waals surface area contributed by atoms with E-state index < -0.39 is 0 Å². The Kier molecular flexibility index (Phi) is 5.53. The average Bonchev–Trinajstić information content (AvgIpc) is 2.55. The van der Waals surface area contributed by atoms with Gasteiger partial charge in [0.15, 0.2) is 0 Å². The van der Waals surface area contributed by atoms with Gasteiger partial charge in [0.1, 0.15) is 5.82 Å². The van der Waals surface area contributed by atoms with Crippen molar-refractivity contribution in [3.8, 4) is 0 Å². The van der Waals surface area contributed by atoms with Gasteiger partial charge in [0, 0.05) is 18.3 Å². The van der Waals surface area contributed by atoms with Crippen LogP contribution in [0.5, 0.6) is 0 Å². The minimum absolute atomic E-state index is 1.00. The molecule has 1 N–H and O–H groups in total. The zero-order chi connectivity index (χ0) is 8.69. The van der Waals surface area contributed by atoms with Gasteiger partial charge >= 0.3 is 0 Å². The number of nitrogens with zero attached hydrogens (tertiary/aromatic N) is 1. The summed E-state index contributed by atoms with van der Waals surface area (Å²) in [6, 6.07) is 0. The van der Waals surface area contributed by atoms with Gasteiger partial charge < -0.3 is 4.98 Å². The Morgan fingerprint density at radius 1 is 1.27 bits per heavy atom. The number of aromatic nitrogens is 2. The van der Waals surface area contributed by atoms with Crippen LogP contribution >= 0.6 is 0 Å². The van der Waals surface area contributed by atoms with Crippen molar-refractivity contribution in [1.82, 2.24) is 9.97 Å². The van der Waals surface area contributed by atoms with Crippen molar-refractivity contribution in [2.45, 2.75) is 40.5 Å². The molecule has 11 heavy (non-hydrogen) atoms. The van der Waals surface area contributed by atoms with Gasteiger partial charge in [0.05, 0.1) is 0 Å². The van der Waals surface area contributed by atoms with Crippen LogP contribution in [0.2, 0.25) is 0 Å². The van der Waals surface area contributed by atoms with Gasteiger partial charge in [-0.1, -0.05) is 27.7 Å². The van der Waals surface area contributed by atoms with Crippen molar-refractivity contribution in [2.24, 2.45) is 0 Å². The van der Waals surface area contributed by atoms with E-state index in [2.05, 4.69) is 23.8 Å². The number of imidazole rings is 1. The first-order valence-electron chi connectivity index (χ1n) is 4.39. The summed E-state index contributed by atoms with van der Waals surface area (Å²) in [4.78, 5) is 7.35. The molecule has 0 atom stereocenters. The standard InChI is InChI=1S/C7H12N2.C2H6/c1-3-6-5-8-7(4-2)9-6;1-2/h5H,3-4H2,1-2H3,(H,8,9);1-2H3. The van der Waals surface area contributed by atoms with E-state index in [0.717, 1.165) is 18.7 Å². The first-order chi connectivity index (χ1) is 5.36. The predicted molar refractivity (Wildman–Crippen MR) is 48.7 cm³/mol. The summed E-state index contributed by atoms with van der Waals surface area (Å²) in [5, 5.41) is 0. The molecule has 0 bridgehead atoms. The monoisotopic (exact) mass is 154 g/mol. The molecule has 64 valence electrons. The third kappa shape index (κ3) is 3.21. The minimum atomic E-state index is 1.00. The molecule has 0 aliphatic rings. The van der Waals surface area contributed by atoms with Crippen molar-refractivity contribution in [3.05, 3.63) is 17.7 Å². The van der Waals surface area contributed by atoms with Crippen LogP contribution in [0.25, 0.3) is 0 Å².